The predicted molar refractivity (Wildman–Crippen MR) is 69.5 cm³/mol. The van der Waals surface area contributed by atoms with E-state index in [4.69, 9.17) is 10.5 Å². The standard InChI is InChI=1S/C13H18N4O/c1-3-9-4-5-11(18-2)10(6-9)7-12-15-13(8-14)17-16-12/h4-6H,3,7-8,14H2,1-2H3,(H,15,16,17). The summed E-state index contributed by atoms with van der Waals surface area (Å²) in [6, 6.07) is 6.21. The Kier molecular flexibility index (Phi) is 3.94. The van der Waals surface area contributed by atoms with Crippen LogP contribution in [0.4, 0.5) is 0 Å². The first-order valence-corrected chi connectivity index (χ1v) is 6.02. The topological polar surface area (TPSA) is 76.8 Å². The second-order valence-electron chi connectivity index (χ2n) is 4.08. The second-order valence-corrected chi connectivity index (χ2v) is 4.08. The average molecular weight is 246 g/mol. The maximum Gasteiger partial charge on any atom is 0.164 e. The Balaban J connectivity index is 2.25. The van der Waals surface area contributed by atoms with Gasteiger partial charge in [-0.15, -0.1) is 0 Å². The van der Waals surface area contributed by atoms with Crippen molar-refractivity contribution in [2.75, 3.05) is 7.11 Å². The number of ether oxygens (including phenoxy) is 1. The summed E-state index contributed by atoms with van der Waals surface area (Å²) in [6.07, 6.45) is 1.67. The van der Waals surface area contributed by atoms with E-state index in [2.05, 4.69) is 34.2 Å². The lowest BCUT2D eigenvalue weighted by Crippen LogP contribution is -1.99. The van der Waals surface area contributed by atoms with E-state index in [9.17, 15) is 0 Å². The van der Waals surface area contributed by atoms with Gasteiger partial charge in [-0.25, -0.2) is 4.98 Å². The van der Waals surface area contributed by atoms with E-state index in [0.29, 0.717) is 18.8 Å². The van der Waals surface area contributed by atoms with E-state index in [0.717, 1.165) is 23.6 Å². The van der Waals surface area contributed by atoms with E-state index in [-0.39, 0.29) is 0 Å². The van der Waals surface area contributed by atoms with Crippen LogP contribution in [-0.4, -0.2) is 22.3 Å². The summed E-state index contributed by atoms with van der Waals surface area (Å²) in [4.78, 5) is 4.31. The molecule has 1 heterocycles. The van der Waals surface area contributed by atoms with E-state index < -0.39 is 0 Å². The number of aromatic amines is 1. The van der Waals surface area contributed by atoms with Crippen molar-refractivity contribution >= 4 is 0 Å². The summed E-state index contributed by atoms with van der Waals surface area (Å²) in [5, 5.41) is 6.92. The summed E-state index contributed by atoms with van der Waals surface area (Å²) in [6.45, 7) is 2.48. The highest BCUT2D eigenvalue weighted by atomic mass is 16.5. The molecule has 0 spiro atoms. The van der Waals surface area contributed by atoms with E-state index in [1.54, 1.807) is 7.11 Å². The molecule has 0 aliphatic heterocycles. The minimum Gasteiger partial charge on any atom is -0.496 e. The lowest BCUT2D eigenvalue weighted by Gasteiger charge is -2.08. The summed E-state index contributed by atoms with van der Waals surface area (Å²) in [5.74, 6) is 2.32. The van der Waals surface area contributed by atoms with Crippen LogP contribution in [0.5, 0.6) is 5.75 Å². The zero-order chi connectivity index (χ0) is 13.0. The van der Waals surface area contributed by atoms with Gasteiger partial charge < -0.3 is 10.5 Å². The van der Waals surface area contributed by atoms with E-state index >= 15 is 0 Å². The number of hydrogen-bond donors (Lipinski definition) is 2. The Morgan fingerprint density at radius 3 is 2.83 bits per heavy atom. The first-order valence-electron chi connectivity index (χ1n) is 6.02. The van der Waals surface area contributed by atoms with Crippen molar-refractivity contribution in [3.8, 4) is 5.75 Å². The number of nitrogens with two attached hydrogens (primary N) is 1. The van der Waals surface area contributed by atoms with Crippen molar-refractivity contribution in [2.45, 2.75) is 26.3 Å². The van der Waals surface area contributed by atoms with Crippen LogP contribution in [0.3, 0.4) is 0 Å². The maximum absolute atomic E-state index is 5.49. The van der Waals surface area contributed by atoms with Crippen molar-refractivity contribution in [3.63, 3.8) is 0 Å². The Hall–Kier alpha value is -1.88. The minimum atomic E-state index is 0.350. The van der Waals surface area contributed by atoms with Crippen LogP contribution in [0.2, 0.25) is 0 Å². The van der Waals surface area contributed by atoms with E-state index in [1.165, 1.54) is 5.56 Å². The quantitative estimate of drug-likeness (QED) is 0.836. The van der Waals surface area contributed by atoms with Gasteiger partial charge in [-0.1, -0.05) is 19.1 Å². The minimum absolute atomic E-state index is 0.350. The van der Waals surface area contributed by atoms with Crippen molar-refractivity contribution in [1.29, 1.82) is 0 Å². The normalized spacial score (nSPS) is 10.6. The predicted octanol–water partition coefficient (Wildman–Crippen LogP) is 1.43. The highest BCUT2D eigenvalue weighted by molar-refractivity contribution is 5.39. The van der Waals surface area contributed by atoms with Crippen LogP contribution >= 0.6 is 0 Å². The van der Waals surface area contributed by atoms with E-state index in [1.807, 2.05) is 6.07 Å². The Morgan fingerprint density at radius 1 is 1.39 bits per heavy atom. The number of benzene rings is 1. The first kappa shape index (κ1) is 12.6. The molecule has 0 aliphatic rings. The number of rotatable bonds is 5. The van der Waals surface area contributed by atoms with Crippen LogP contribution in [0.15, 0.2) is 18.2 Å². The van der Waals surface area contributed by atoms with Gasteiger partial charge >= 0.3 is 0 Å². The van der Waals surface area contributed by atoms with Gasteiger partial charge in [0.25, 0.3) is 0 Å². The number of aryl methyl sites for hydroxylation is 1. The SMILES string of the molecule is CCc1ccc(OC)c(Cc2nc(CN)n[nH]2)c1. The van der Waals surface area contributed by atoms with Crippen LogP contribution in [0, 0.1) is 0 Å². The smallest absolute Gasteiger partial charge is 0.164 e. The molecule has 0 atom stereocenters. The van der Waals surface area contributed by atoms with Crippen molar-refractivity contribution < 1.29 is 4.74 Å². The zero-order valence-corrected chi connectivity index (χ0v) is 10.7. The average Bonchev–Trinajstić information content (AvgIpc) is 2.86. The van der Waals surface area contributed by atoms with Crippen LogP contribution in [0.25, 0.3) is 0 Å². The molecule has 2 aromatic rings. The monoisotopic (exact) mass is 246 g/mol. The largest absolute Gasteiger partial charge is 0.496 e. The lowest BCUT2D eigenvalue weighted by molar-refractivity contribution is 0.410. The number of H-pyrrole nitrogens is 1. The highest BCUT2D eigenvalue weighted by Crippen LogP contribution is 2.22. The molecule has 0 amide bonds. The molecule has 0 saturated carbocycles. The van der Waals surface area contributed by atoms with Gasteiger partial charge in [0.2, 0.25) is 0 Å². The molecular weight excluding hydrogens is 228 g/mol. The number of nitrogens with one attached hydrogen (secondary N) is 1. The third-order valence-electron chi connectivity index (χ3n) is 2.87. The fourth-order valence-corrected chi connectivity index (χ4v) is 1.88. The molecule has 96 valence electrons. The molecule has 2 rings (SSSR count). The summed E-state index contributed by atoms with van der Waals surface area (Å²) in [5.41, 5.74) is 7.88. The second kappa shape index (κ2) is 5.64. The Morgan fingerprint density at radius 2 is 2.22 bits per heavy atom. The number of nitrogens with zero attached hydrogens (tertiary/aromatic N) is 2. The van der Waals surface area contributed by atoms with Crippen LogP contribution in [-0.2, 0) is 19.4 Å². The van der Waals surface area contributed by atoms with Gasteiger partial charge in [-0.3, -0.25) is 5.10 Å². The van der Waals surface area contributed by atoms with Gasteiger partial charge in [0, 0.05) is 12.0 Å². The fourth-order valence-electron chi connectivity index (χ4n) is 1.88. The summed E-state index contributed by atoms with van der Waals surface area (Å²) in [7, 11) is 1.68. The van der Waals surface area contributed by atoms with Gasteiger partial charge in [-0.2, -0.15) is 5.10 Å². The Bertz CT molecular complexity index is 521. The summed E-state index contributed by atoms with van der Waals surface area (Å²) < 4.78 is 5.36. The number of hydrogen-bond acceptors (Lipinski definition) is 4. The zero-order valence-electron chi connectivity index (χ0n) is 10.7. The molecule has 0 fully saturated rings. The summed E-state index contributed by atoms with van der Waals surface area (Å²) >= 11 is 0. The fraction of sp³-hybridized carbons (Fsp3) is 0.385. The molecule has 1 aromatic heterocycles. The third-order valence-corrected chi connectivity index (χ3v) is 2.87. The molecule has 0 aliphatic carbocycles. The third kappa shape index (κ3) is 2.68. The van der Waals surface area contributed by atoms with Gasteiger partial charge in [-0.05, 0) is 18.1 Å². The van der Waals surface area contributed by atoms with Gasteiger partial charge in [0.05, 0.1) is 13.7 Å². The molecule has 5 nitrogen and oxygen atoms in total. The molecule has 18 heavy (non-hydrogen) atoms. The number of aromatic nitrogens is 3. The molecule has 3 N–H and O–H groups in total. The molecule has 0 unspecified atom stereocenters. The van der Waals surface area contributed by atoms with Crippen LogP contribution < -0.4 is 10.5 Å². The molecule has 1 aromatic carbocycles. The van der Waals surface area contributed by atoms with Crippen molar-refractivity contribution in [2.24, 2.45) is 5.73 Å². The molecule has 0 radical (unpaired) electrons. The highest BCUT2D eigenvalue weighted by Gasteiger charge is 2.08. The molecule has 0 bridgehead atoms. The lowest BCUT2D eigenvalue weighted by atomic mass is 10.0. The number of methoxy groups -OCH3 is 1. The first-order chi connectivity index (χ1) is 8.76. The van der Waals surface area contributed by atoms with Crippen molar-refractivity contribution in [3.05, 3.63) is 41.0 Å². The van der Waals surface area contributed by atoms with Gasteiger partial charge in [0.1, 0.15) is 11.6 Å². The Labute approximate surface area is 106 Å². The van der Waals surface area contributed by atoms with Crippen molar-refractivity contribution in [1.82, 2.24) is 15.2 Å². The van der Waals surface area contributed by atoms with Crippen LogP contribution in [0.1, 0.15) is 29.7 Å². The molecule has 5 heteroatoms. The maximum atomic E-state index is 5.49. The molecular formula is C13H18N4O. The molecule has 0 saturated heterocycles. The van der Waals surface area contributed by atoms with Gasteiger partial charge in [0.15, 0.2) is 5.82 Å².